The van der Waals surface area contributed by atoms with Crippen molar-refractivity contribution in [2.75, 3.05) is 13.7 Å². The summed E-state index contributed by atoms with van der Waals surface area (Å²) in [5, 5.41) is 6.15. The molecule has 2 heterocycles. The summed E-state index contributed by atoms with van der Waals surface area (Å²) < 4.78 is 5.23. The lowest BCUT2D eigenvalue weighted by atomic mass is 10.1. The van der Waals surface area contributed by atoms with Crippen molar-refractivity contribution >= 4 is 34.2 Å². The third-order valence-corrected chi connectivity index (χ3v) is 4.73. The molecule has 1 aromatic carbocycles. The minimum atomic E-state index is -0.0232. The van der Waals surface area contributed by atoms with Gasteiger partial charge in [-0.15, -0.1) is 11.3 Å². The summed E-state index contributed by atoms with van der Waals surface area (Å²) in [6.45, 7) is 2.44. The number of methoxy groups -OCH3 is 1. The van der Waals surface area contributed by atoms with Crippen LogP contribution in [0.15, 0.2) is 47.5 Å². The summed E-state index contributed by atoms with van der Waals surface area (Å²) in [6, 6.07) is 9.95. The number of thiophene rings is 1. The number of aromatic nitrogens is 1. The fraction of sp³-hybridized carbons (Fsp3) is 0.211. The first-order valence-electron chi connectivity index (χ1n) is 7.81. The number of hydrogen-bond donors (Lipinski definition) is 2. The molecule has 0 aliphatic rings. The van der Waals surface area contributed by atoms with Crippen molar-refractivity contribution in [1.29, 1.82) is 0 Å². The van der Waals surface area contributed by atoms with Gasteiger partial charge in [-0.2, -0.15) is 0 Å². The number of fused-ring (bicyclic) bond motifs is 1. The van der Waals surface area contributed by atoms with E-state index in [0.717, 1.165) is 33.5 Å². The Morgan fingerprint density at radius 1 is 1.38 bits per heavy atom. The van der Waals surface area contributed by atoms with E-state index in [1.807, 2.05) is 54.9 Å². The number of ether oxygens (including phenoxy) is 1. The molecular weight excluding hydrogens is 320 g/mol. The van der Waals surface area contributed by atoms with E-state index in [2.05, 4.69) is 10.3 Å². The number of benzene rings is 1. The molecule has 0 atom stereocenters. The summed E-state index contributed by atoms with van der Waals surface area (Å²) in [7, 11) is 1.66. The molecule has 0 aliphatic heterocycles. The van der Waals surface area contributed by atoms with E-state index in [-0.39, 0.29) is 5.91 Å². The quantitative estimate of drug-likeness (QED) is 0.666. The minimum Gasteiger partial charge on any atom is -0.497 e. The van der Waals surface area contributed by atoms with Crippen molar-refractivity contribution in [2.45, 2.75) is 13.3 Å². The van der Waals surface area contributed by atoms with Crippen molar-refractivity contribution in [3.63, 3.8) is 0 Å². The van der Waals surface area contributed by atoms with Gasteiger partial charge in [-0.05, 0) is 48.6 Å². The van der Waals surface area contributed by atoms with Crippen molar-refractivity contribution in [3.8, 4) is 5.75 Å². The molecule has 3 aromatic rings. The second-order valence-electron chi connectivity index (χ2n) is 5.57. The van der Waals surface area contributed by atoms with Gasteiger partial charge in [-0.1, -0.05) is 6.07 Å². The summed E-state index contributed by atoms with van der Waals surface area (Å²) in [4.78, 5) is 16.5. The smallest absolute Gasteiger partial charge is 0.246 e. The van der Waals surface area contributed by atoms with Gasteiger partial charge < -0.3 is 15.0 Å². The molecule has 0 fully saturated rings. The number of rotatable bonds is 6. The number of carbonyl (C=O) groups excluding carboxylic acids is 1. The third-order valence-electron chi connectivity index (χ3n) is 3.91. The molecule has 1 amide bonds. The highest BCUT2D eigenvalue weighted by atomic mass is 32.1. The van der Waals surface area contributed by atoms with Crippen LogP contribution in [0.4, 0.5) is 0 Å². The van der Waals surface area contributed by atoms with Crippen LogP contribution < -0.4 is 10.1 Å². The highest BCUT2D eigenvalue weighted by Gasteiger charge is 2.07. The second-order valence-corrected chi connectivity index (χ2v) is 6.55. The van der Waals surface area contributed by atoms with Gasteiger partial charge in [0.1, 0.15) is 5.75 Å². The molecule has 24 heavy (non-hydrogen) atoms. The SMILES string of the molecule is COc1ccc2c(CCNC(=O)C(C)=Cc3cccs3)c[nH]c2c1. The number of aromatic amines is 1. The number of H-pyrrole nitrogens is 1. The fourth-order valence-corrected chi connectivity index (χ4v) is 3.32. The molecule has 124 valence electrons. The van der Waals surface area contributed by atoms with E-state index in [9.17, 15) is 4.79 Å². The topological polar surface area (TPSA) is 54.1 Å². The molecule has 0 saturated heterocycles. The molecule has 0 aliphatic carbocycles. The average Bonchev–Trinajstić information content (AvgIpc) is 3.24. The van der Waals surface area contributed by atoms with Crippen LogP contribution in [0.5, 0.6) is 5.75 Å². The van der Waals surface area contributed by atoms with Gasteiger partial charge in [0.05, 0.1) is 7.11 Å². The zero-order valence-electron chi connectivity index (χ0n) is 13.8. The number of nitrogens with one attached hydrogen (secondary N) is 2. The number of carbonyl (C=O) groups is 1. The lowest BCUT2D eigenvalue weighted by molar-refractivity contribution is -0.117. The van der Waals surface area contributed by atoms with Gasteiger partial charge >= 0.3 is 0 Å². The first kappa shape index (κ1) is 16.3. The Balaban J connectivity index is 1.59. The van der Waals surface area contributed by atoms with Gasteiger partial charge in [-0.25, -0.2) is 0 Å². The predicted molar refractivity (Wildman–Crippen MR) is 99.5 cm³/mol. The van der Waals surface area contributed by atoms with Crippen molar-refractivity contribution in [1.82, 2.24) is 10.3 Å². The Kier molecular flexibility index (Phi) is 5.01. The molecular formula is C19H20N2O2S. The second kappa shape index (κ2) is 7.36. The zero-order valence-corrected chi connectivity index (χ0v) is 14.6. The van der Waals surface area contributed by atoms with Gasteiger partial charge in [0.2, 0.25) is 5.91 Å². The third kappa shape index (κ3) is 3.68. The fourth-order valence-electron chi connectivity index (χ4n) is 2.60. The first-order chi connectivity index (χ1) is 11.7. The highest BCUT2D eigenvalue weighted by molar-refractivity contribution is 7.10. The summed E-state index contributed by atoms with van der Waals surface area (Å²) in [5.74, 6) is 0.809. The summed E-state index contributed by atoms with van der Waals surface area (Å²) >= 11 is 1.62. The van der Waals surface area contributed by atoms with E-state index >= 15 is 0 Å². The van der Waals surface area contributed by atoms with Gasteiger partial charge in [0.25, 0.3) is 0 Å². The summed E-state index contributed by atoms with van der Waals surface area (Å²) in [5.41, 5.74) is 2.96. The van der Waals surface area contributed by atoms with E-state index in [1.165, 1.54) is 5.56 Å². The normalized spacial score (nSPS) is 11.7. The van der Waals surface area contributed by atoms with Crippen molar-refractivity contribution in [2.24, 2.45) is 0 Å². The molecule has 0 unspecified atom stereocenters. The maximum atomic E-state index is 12.1. The average molecular weight is 340 g/mol. The molecule has 0 radical (unpaired) electrons. The molecule has 0 spiro atoms. The van der Waals surface area contributed by atoms with Crippen LogP contribution in [0.3, 0.4) is 0 Å². The van der Waals surface area contributed by atoms with E-state index in [1.54, 1.807) is 18.4 Å². The van der Waals surface area contributed by atoms with E-state index in [0.29, 0.717) is 6.54 Å². The van der Waals surface area contributed by atoms with E-state index in [4.69, 9.17) is 4.74 Å². The van der Waals surface area contributed by atoms with Crippen LogP contribution in [-0.4, -0.2) is 24.5 Å². The predicted octanol–water partition coefficient (Wildman–Crippen LogP) is 4.00. The van der Waals surface area contributed by atoms with Gasteiger partial charge in [0, 0.05) is 40.2 Å². The van der Waals surface area contributed by atoms with Crippen LogP contribution >= 0.6 is 11.3 Å². The van der Waals surface area contributed by atoms with Crippen LogP contribution in [0.2, 0.25) is 0 Å². The molecule has 2 N–H and O–H groups in total. The Labute approximate surface area is 145 Å². The molecule has 3 rings (SSSR count). The van der Waals surface area contributed by atoms with Crippen LogP contribution in [-0.2, 0) is 11.2 Å². The van der Waals surface area contributed by atoms with Crippen LogP contribution in [0.1, 0.15) is 17.4 Å². The van der Waals surface area contributed by atoms with E-state index < -0.39 is 0 Å². The molecule has 2 aromatic heterocycles. The van der Waals surface area contributed by atoms with Crippen LogP contribution in [0.25, 0.3) is 17.0 Å². The molecule has 4 nitrogen and oxygen atoms in total. The number of hydrogen-bond acceptors (Lipinski definition) is 3. The Morgan fingerprint density at radius 3 is 3.00 bits per heavy atom. The maximum absolute atomic E-state index is 12.1. The molecule has 0 bridgehead atoms. The highest BCUT2D eigenvalue weighted by Crippen LogP contribution is 2.23. The summed E-state index contributed by atoms with van der Waals surface area (Å²) in [6.07, 6.45) is 4.69. The van der Waals surface area contributed by atoms with Gasteiger partial charge in [-0.3, -0.25) is 4.79 Å². The molecule has 5 heteroatoms. The monoisotopic (exact) mass is 340 g/mol. The zero-order chi connectivity index (χ0) is 16.9. The number of amides is 1. The minimum absolute atomic E-state index is 0.0232. The molecule has 0 saturated carbocycles. The lowest BCUT2D eigenvalue weighted by Gasteiger charge is -2.05. The van der Waals surface area contributed by atoms with Crippen LogP contribution in [0, 0.1) is 0 Å². The first-order valence-corrected chi connectivity index (χ1v) is 8.69. The Morgan fingerprint density at radius 2 is 2.25 bits per heavy atom. The largest absolute Gasteiger partial charge is 0.497 e. The Hall–Kier alpha value is -2.53. The standard InChI is InChI=1S/C19H20N2O2S/c1-13(10-16-4-3-9-24-16)19(22)20-8-7-14-12-21-18-11-15(23-2)5-6-17(14)18/h3-6,9-12,21H,7-8H2,1-2H3,(H,20,22). The maximum Gasteiger partial charge on any atom is 0.246 e. The lowest BCUT2D eigenvalue weighted by Crippen LogP contribution is -2.26. The van der Waals surface area contributed by atoms with Crippen molar-refractivity contribution < 1.29 is 9.53 Å². The van der Waals surface area contributed by atoms with Gasteiger partial charge in [0.15, 0.2) is 0 Å². The Bertz CT molecular complexity index is 863. The van der Waals surface area contributed by atoms with Crippen molar-refractivity contribution in [3.05, 3.63) is 57.9 Å².